The topological polar surface area (TPSA) is 40.5 Å². The number of hydrogen-bond donors (Lipinski definition) is 1. The van der Waals surface area contributed by atoms with E-state index in [0.29, 0.717) is 11.3 Å². The van der Waals surface area contributed by atoms with Crippen LogP contribution in [-0.2, 0) is 0 Å². The highest BCUT2D eigenvalue weighted by Crippen LogP contribution is 2.62. The third-order valence-corrected chi connectivity index (χ3v) is 16.0. The summed E-state index contributed by atoms with van der Waals surface area (Å²) in [5, 5.41) is 28.3. The Balaban J connectivity index is 1.02. The molecule has 0 aromatic heterocycles. The van der Waals surface area contributed by atoms with E-state index >= 15 is 0 Å². The summed E-state index contributed by atoms with van der Waals surface area (Å²) in [7, 11) is 0. The molecule has 0 saturated heterocycles. The SMILES string of the molecule is O=C1c2ccc3c4ccc5c6ccc7c8c(ccc(c9ccc(c%10ccc(c2c3%10)C(O)N1c1ccccc1)c4c59)c86)-c1c(-c2ccccc2)c(-c2ccccc2)c(-c2ccccc2)c(-c2ccccc2)c1-7. The lowest BCUT2D eigenvalue weighted by Crippen LogP contribution is -2.38. The standard InChI is InChI=1S/C68H39NO2/c70-67-53-36-32-49-45-28-26-43-47-30-34-51-63-52(35-31-48(61(47)63)44-27-29-46(60(45)59(43)44)50-33-37-54(64(53)62(49)50)68(71)69(67)42-24-14-5-15-25-42)66-58(41-22-12-4-13-23-41)56(39-18-8-2-9-19-39)55(38-16-6-1-7-17-38)57(65(51)66)40-20-10-3-11-21-40/h1-37,67,70H. The van der Waals surface area contributed by atoms with Gasteiger partial charge in [-0.1, -0.05) is 206 Å². The lowest BCUT2D eigenvalue weighted by atomic mass is 9.76. The summed E-state index contributed by atoms with van der Waals surface area (Å²) in [4.78, 5) is 15.9. The number of para-hydroxylation sites is 1. The van der Waals surface area contributed by atoms with Crippen molar-refractivity contribution < 1.29 is 9.90 Å². The molecule has 1 aliphatic carbocycles. The molecular weight excluding hydrogens is 863 g/mol. The Bertz CT molecular complexity index is 4350. The van der Waals surface area contributed by atoms with Gasteiger partial charge in [-0.15, -0.1) is 0 Å². The van der Waals surface area contributed by atoms with Crippen molar-refractivity contribution in [1.82, 2.24) is 0 Å². The molecule has 0 radical (unpaired) electrons. The number of aliphatic hydroxyl groups excluding tert-OH is 1. The van der Waals surface area contributed by atoms with Crippen molar-refractivity contribution in [2.24, 2.45) is 0 Å². The van der Waals surface area contributed by atoms with Crippen molar-refractivity contribution >= 4 is 87.0 Å². The summed E-state index contributed by atoms with van der Waals surface area (Å²) >= 11 is 0. The number of amides is 1. The van der Waals surface area contributed by atoms with E-state index < -0.39 is 6.23 Å². The maximum Gasteiger partial charge on any atom is 0.261 e. The number of carbonyl (C=O) groups excluding carboxylic acids is 1. The minimum Gasteiger partial charge on any atom is -0.369 e. The number of benzene rings is 14. The van der Waals surface area contributed by atoms with Crippen molar-refractivity contribution in [1.29, 1.82) is 0 Å². The smallest absolute Gasteiger partial charge is 0.261 e. The fraction of sp³-hybridized carbons (Fsp3) is 0.0147. The molecule has 14 aromatic rings. The third-order valence-electron chi connectivity index (χ3n) is 16.0. The molecule has 0 fully saturated rings. The van der Waals surface area contributed by atoms with Gasteiger partial charge in [0, 0.05) is 22.2 Å². The van der Waals surface area contributed by atoms with E-state index in [1.807, 2.05) is 42.5 Å². The highest BCUT2D eigenvalue weighted by molar-refractivity contribution is 6.45. The van der Waals surface area contributed by atoms with Crippen LogP contribution in [0.5, 0.6) is 0 Å². The number of rotatable bonds is 5. The molecule has 1 aliphatic heterocycles. The minimum atomic E-state index is -1.11. The summed E-state index contributed by atoms with van der Waals surface area (Å²) in [5.41, 5.74) is 16.8. The Morgan fingerprint density at radius 1 is 0.282 bits per heavy atom. The fourth-order valence-corrected chi connectivity index (χ4v) is 13.2. The van der Waals surface area contributed by atoms with Gasteiger partial charge >= 0.3 is 0 Å². The van der Waals surface area contributed by atoms with E-state index in [-0.39, 0.29) is 5.91 Å². The largest absolute Gasteiger partial charge is 0.369 e. The van der Waals surface area contributed by atoms with E-state index in [1.54, 1.807) is 0 Å². The molecule has 1 amide bonds. The van der Waals surface area contributed by atoms with Crippen molar-refractivity contribution in [3.05, 3.63) is 236 Å². The molecule has 1 N–H and O–H groups in total. The average molecular weight is 902 g/mol. The van der Waals surface area contributed by atoms with Gasteiger partial charge in [0.1, 0.15) is 0 Å². The van der Waals surface area contributed by atoms with Gasteiger partial charge in [-0.25, -0.2) is 0 Å². The predicted octanol–water partition coefficient (Wildman–Crippen LogP) is 17.6. The number of hydrogen-bond acceptors (Lipinski definition) is 2. The Morgan fingerprint density at radius 3 is 0.972 bits per heavy atom. The van der Waals surface area contributed by atoms with Gasteiger partial charge in [-0.2, -0.15) is 0 Å². The van der Waals surface area contributed by atoms with Crippen LogP contribution in [0.3, 0.4) is 0 Å². The lowest BCUT2D eigenvalue weighted by molar-refractivity contribution is 0.0879. The Labute approximate surface area is 408 Å². The summed E-state index contributed by atoms with van der Waals surface area (Å²) in [6.07, 6.45) is -1.11. The van der Waals surface area contributed by atoms with Crippen molar-refractivity contribution in [2.75, 3.05) is 4.90 Å². The van der Waals surface area contributed by atoms with Gasteiger partial charge in [-0.05, 0) is 155 Å². The van der Waals surface area contributed by atoms with Gasteiger partial charge in [-0.3, -0.25) is 9.69 Å². The van der Waals surface area contributed by atoms with Crippen LogP contribution in [0.4, 0.5) is 5.69 Å². The molecule has 1 atom stereocenters. The molecule has 3 nitrogen and oxygen atoms in total. The zero-order valence-corrected chi connectivity index (χ0v) is 38.2. The van der Waals surface area contributed by atoms with E-state index in [2.05, 4.69) is 182 Å². The highest BCUT2D eigenvalue weighted by atomic mass is 16.3. The van der Waals surface area contributed by atoms with Crippen LogP contribution in [0.2, 0.25) is 0 Å². The normalized spacial score (nSPS) is 14.1. The molecular formula is C68H39NO2. The van der Waals surface area contributed by atoms with Gasteiger partial charge in [0.25, 0.3) is 5.91 Å². The van der Waals surface area contributed by atoms with E-state index in [9.17, 15) is 9.90 Å². The van der Waals surface area contributed by atoms with E-state index in [0.717, 1.165) is 37.9 Å². The maximum atomic E-state index is 14.4. The van der Waals surface area contributed by atoms with E-state index in [1.165, 1.54) is 115 Å². The summed E-state index contributed by atoms with van der Waals surface area (Å²) < 4.78 is 0. The highest BCUT2D eigenvalue weighted by Gasteiger charge is 2.37. The first-order valence-corrected chi connectivity index (χ1v) is 24.5. The molecule has 2 aliphatic rings. The zero-order valence-electron chi connectivity index (χ0n) is 38.2. The van der Waals surface area contributed by atoms with Crippen molar-refractivity contribution in [2.45, 2.75) is 6.23 Å². The van der Waals surface area contributed by atoms with Crippen LogP contribution in [0.15, 0.2) is 224 Å². The van der Waals surface area contributed by atoms with Crippen LogP contribution >= 0.6 is 0 Å². The molecule has 0 saturated carbocycles. The molecule has 1 heterocycles. The number of fused-ring (bicyclic) bond motifs is 7. The number of nitrogens with zero attached hydrogens (tertiary/aromatic N) is 1. The van der Waals surface area contributed by atoms with E-state index in [4.69, 9.17) is 0 Å². The second-order valence-corrected chi connectivity index (χ2v) is 19.4. The Morgan fingerprint density at radius 2 is 0.577 bits per heavy atom. The molecule has 328 valence electrons. The van der Waals surface area contributed by atoms with Crippen LogP contribution in [0.25, 0.3) is 142 Å². The van der Waals surface area contributed by atoms with Gasteiger partial charge in [0.15, 0.2) is 6.23 Å². The number of carbonyl (C=O) groups is 1. The van der Waals surface area contributed by atoms with Crippen LogP contribution in [-0.4, -0.2) is 11.0 Å². The first-order chi connectivity index (χ1) is 35.1. The fourth-order valence-electron chi connectivity index (χ4n) is 13.2. The zero-order chi connectivity index (χ0) is 46.6. The predicted molar refractivity (Wildman–Crippen MR) is 296 cm³/mol. The van der Waals surface area contributed by atoms with Gasteiger partial charge in [0.2, 0.25) is 0 Å². The molecule has 14 aromatic carbocycles. The lowest BCUT2D eigenvalue weighted by Gasteiger charge is -2.34. The molecule has 16 rings (SSSR count). The Hall–Kier alpha value is -9.15. The second-order valence-electron chi connectivity index (χ2n) is 19.4. The molecule has 1 unspecified atom stereocenters. The average Bonchev–Trinajstić information content (AvgIpc) is 3.77. The molecule has 0 bridgehead atoms. The minimum absolute atomic E-state index is 0.196. The second kappa shape index (κ2) is 14.2. The third kappa shape index (κ3) is 5.02. The summed E-state index contributed by atoms with van der Waals surface area (Å²) in [6, 6.07) is 80.7. The number of aliphatic hydroxyl groups is 1. The van der Waals surface area contributed by atoms with Crippen molar-refractivity contribution in [3.63, 3.8) is 0 Å². The van der Waals surface area contributed by atoms with Gasteiger partial charge in [0.05, 0.1) is 0 Å². The molecule has 71 heavy (non-hydrogen) atoms. The first kappa shape index (κ1) is 38.8. The monoisotopic (exact) mass is 901 g/mol. The molecule has 0 spiro atoms. The van der Waals surface area contributed by atoms with Crippen LogP contribution < -0.4 is 4.90 Å². The quantitative estimate of drug-likeness (QED) is 0.138. The van der Waals surface area contributed by atoms with Crippen molar-refractivity contribution in [3.8, 4) is 66.8 Å². The van der Waals surface area contributed by atoms with Crippen LogP contribution in [0, 0.1) is 0 Å². The summed E-state index contributed by atoms with van der Waals surface area (Å²) in [5.74, 6) is -0.196. The first-order valence-electron chi connectivity index (χ1n) is 24.5. The molecule has 3 heteroatoms. The number of anilines is 1. The maximum absolute atomic E-state index is 14.4. The Kier molecular flexibility index (Phi) is 7.76. The summed E-state index contributed by atoms with van der Waals surface area (Å²) in [6.45, 7) is 0. The van der Waals surface area contributed by atoms with Gasteiger partial charge < -0.3 is 5.11 Å². The van der Waals surface area contributed by atoms with Crippen LogP contribution in [0.1, 0.15) is 22.1 Å².